The minimum atomic E-state index is -4.91. The van der Waals surface area contributed by atoms with Crippen LogP contribution in [0.4, 0.5) is 33.7 Å². The van der Waals surface area contributed by atoms with E-state index >= 15 is 0 Å². The summed E-state index contributed by atoms with van der Waals surface area (Å²) in [5.74, 6) is -2.73. The van der Waals surface area contributed by atoms with Crippen LogP contribution in [-0.2, 0) is 9.53 Å². The van der Waals surface area contributed by atoms with Gasteiger partial charge in [0.05, 0.1) is 18.0 Å². The van der Waals surface area contributed by atoms with E-state index in [1.54, 1.807) is 19.9 Å². The van der Waals surface area contributed by atoms with Gasteiger partial charge in [0.15, 0.2) is 11.6 Å². The molecular formula is C33H34F5N7O3. The molecule has 0 radical (unpaired) electrons. The third-order valence-electron chi connectivity index (χ3n) is 8.86. The van der Waals surface area contributed by atoms with Gasteiger partial charge in [-0.05, 0) is 73.9 Å². The molecule has 4 aromatic rings. The van der Waals surface area contributed by atoms with E-state index in [9.17, 15) is 26.7 Å². The molecule has 2 aromatic heterocycles. The van der Waals surface area contributed by atoms with E-state index < -0.39 is 23.9 Å². The molecule has 10 nitrogen and oxygen atoms in total. The average Bonchev–Trinajstić information content (AvgIpc) is 3.67. The van der Waals surface area contributed by atoms with Crippen LogP contribution in [0.2, 0.25) is 0 Å². The minimum Gasteiger partial charge on any atom is -0.465 e. The van der Waals surface area contributed by atoms with Gasteiger partial charge in [-0.1, -0.05) is 18.2 Å². The molecule has 48 heavy (non-hydrogen) atoms. The normalized spacial score (nSPS) is 18.2. The van der Waals surface area contributed by atoms with Crippen LogP contribution in [0, 0.1) is 24.0 Å². The molecule has 2 saturated heterocycles. The van der Waals surface area contributed by atoms with Gasteiger partial charge in [-0.15, -0.1) is 0 Å². The number of benzene rings is 2. The number of nitrogens with two attached hydrogens (primary N) is 1. The lowest BCUT2D eigenvalue weighted by Gasteiger charge is -2.39. The summed E-state index contributed by atoms with van der Waals surface area (Å²) in [4.78, 5) is 22.4. The van der Waals surface area contributed by atoms with Gasteiger partial charge in [0.2, 0.25) is 17.9 Å². The molecule has 15 heteroatoms. The average molecular weight is 672 g/mol. The van der Waals surface area contributed by atoms with Crippen LogP contribution in [0.3, 0.4) is 0 Å². The van der Waals surface area contributed by atoms with E-state index in [0.717, 1.165) is 25.0 Å². The van der Waals surface area contributed by atoms with Gasteiger partial charge in [0.25, 0.3) is 0 Å². The second-order valence-corrected chi connectivity index (χ2v) is 12.1. The number of rotatable bonds is 8. The van der Waals surface area contributed by atoms with Crippen molar-refractivity contribution in [1.29, 1.82) is 0 Å². The predicted molar refractivity (Wildman–Crippen MR) is 166 cm³/mol. The zero-order valence-corrected chi connectivity index (χ0v) is 26.2. The topological polar surface area (TPSA) is 120 Å². The van der Waals surface area contributed by atoms with Crippen molar-refractivity contribution in [2.45, 2.75) is 51.4 Å². The van der Waals surface area contributed by atoms with Crippen molar-refractivity contribution in [3.8, 4) is 22.7 Å². The first-order chi connectivity index (χ1) is 22.8. The molecule has 254 valence electrons. The number of aromatic nitrogens is 4. The molecule has 2 fully saturated rings. The third kappa shape index (κ3) is 6.91. The van der Waals surface area contributed by atoms with E-state index in [-0.39, 0.29) is 46.1 Å². The number of piperidine rings is 1. The zero-order chi connectivity index (χ0) is 34.2. The number of nitrogens with zero attached hydrogens (tertiary/aromatic N) is 5. The second-order valence-electron chi connectivity index (χ2n) is 12.1. The fourth-order valence-corrected chi connectivity index (χ4v) is 6.37. The van der Waals surface area contributed by atoms with Crippen molar-refractivity contribution in [3.63, 3.8) is 0 Å². The quantitative estimate of drug-likeness (QED) is 0.180. The van der Waals surface area contributed by atoms with Crippen LogP contribution in [0.25, 0.3) is 16.8 Å². The summed E-state index contributed by atoms with van der Waals surface area (Å²) in [6.45, 7) is 5.47. The lowest BCUT2D eigenvalue weighted by atomic mass is 9.76. The number of nitrogens with one attached hydrogen (secondary N) is 1. The molecule has 0 saturated carbocycles. The van der Waals surface area contributed by atoms with E-state index in [0.29, 0.717) is 49.7 Å². The molecule has 0 aliphatic carbocycles. The standard InChI is InChI=1S/C33H34F5N7O3/c1-3-47-30(46)25-17-32(18-40-25)9-12-44(13-10-32)27-16-28(42-31(39)41-27)48-29(33(36,37)38)22-6-4-21(20-5-7-23(34)24(35)14-20)15-26(22)45-11-8-19(2)43-45/h4-8,11,14-16,25,29,40H,3,9-10,12-13,17-18H2,1-2H3,(H2,39,41,42)/t25-,29+/m0/s1. The highest BCUT2D eigenvalue weighted by molar-refractivity contribution is 5.76. The summed E-state index contributed by atoms with van der Waals surface area (Å²) in [6.07, 6.45) is -3.85. The highest BCUT2D eigenvalue weighted by Crippen LogP contribution is 2.43. The Morgan fingerprint density at radius 1 is 1.06 bits per heavy atom. The number of alkyl halides is 3. The SMILES string of the molecule is CCOC(=O)[C@@H]1CC2(CCN(c3cc(O[C@H](c4ccc(-c5ccc(F)c(F)c5)cc4-n4ccc(C)n4)C(F)(F)F)nc(N)n3)CC2)CN1. The summed E-state index contributed by atoms with van der Waals surface area (Å²) < 4.78 is 84.1. The summed E-state index contributed by atoms with van der Waals surface area (Å²) in [7, 11) is 0. The lowest BCUT2D eigenvalue weighted by molar-refractivity contribution is -0.198. The number of aryl methyl sites for hydroxylation is 1. The molecule has 4 heterocycles. The summed E-state index contributed by atoms with van der Waals surface area (Å²) in [5, 5.41) is 7.56. The van der Waals surface area contributed by atoms with Crippen molar-refractivity contribution in [1.82, 2.24) is 25.1 Å². The van der Waals surface area contributed by atoms with Crippen molar-refractivity contribution in [2.24, 2.45) is 5.41 Å². The van der Waals surface area contributed by atoms with Crippen LogP contribution in [0.5, 0.6) is 5.88 Å². The molecular weight excluding hydrogens is 637 g/mol. The smallest absolute Gasteiger partial charge is 0.429 e. The maximum Gasteiger partial charge on any atom is 0.429 e. The molecule has 2 aliphatic rings. The minimum absolute atomic E-state index is 0.0162. The van der Waals surface area contributed by atoms with Crippen molar-refractivity contribution in [3.05, 3.63) is 77.6 Å². The highest BCUT2D eigenvalue weighted by atomic mass is 19.4. The Labute approximate surface area is 273 Å². The molecule has 6 rings (SSSR count). The Hall–Kier alpha value is -4.79. The number of esters is 1. The summed E-state index contributed by atoms with van der Waals surface area (Å²) >= 11 is 0. The number of nitrogen functional groups attached to an aromatic ring is 1. The maximum atomic E-state index is 14.8. The molecule has 2 atom stereocenters. The Kier molecular flexibility index (Phi) is 8.98. The maximum absolute atomic E-state index is 14.8. The van der Waals surface area contributed by atoms with Gasteiger partial charge in [-0.25, -0.2) is 13.5 Å². The Bertz CT molecular complexity index is 1810. The molecule has 2 aliphatic heterocycles. The van der Waals surface area contributed by atoms with Gasteiger partial charge in [0.1, 0.15) is 11.9 Å². The van der Waals surface area contributed by atoms with E-state index in [2.05, 4.69) is 20.4 Å². The van der Waals surface area contributed by atoms with Crippen molar-refractivity contribution in [2.75, 3.05) is 36.9 Å². The van der Waals surface area contributed by atoms with Gasteiger partial charge in [0, 0.05) is 37.5 Å². The second kappa shape index (κ2) is 13.0. The summed E-state index contributed by atoms with van der Waals surface area (Å²) in [5.41, 5.74) is 6.73. The molecule has 2 aromatic carbocycles. The first kappa shape index (κ1) is 33.1. The Balaban J connectivity index is 1.28. The fourth-order valence-electron chi connectivity index (χ4n) is 6.37. The van der Waals surface area contributed by atoms with Crippen LogP contribution in [-0.4, -0.2) is 64.2 Å². The number of ether oxygens (including phenoxy) is 2. The van der Waals surface area contributed by atoms with Crippen molar-refractivity contribution < 1.29 is 36.2 Å². The predicted octanol–water partition coefficient (Wildman–Crippen LogP) is 5.69. The van der Waals surface area contributed by atoms with Gasteiger partial charge in [-0.3, -0.25) is 4.79 Å². The van der Waals surface area contributed by atoms with Crippen LogP contribution in [0.15, 0.2) is 54.7 Å². The summed E-state index contributed by atoms with van der Waals surface area (Å²) in [6, 6.07) is 9.83. The van der Waals surface area contributed by atoms with Crippen LogP contribution in [0.1, 0.15) is 43.5 Å². The van der Waals surface area contributed by atoms with E-state index in [1.807, 2.05) is 4.90 Å². The zero-order valence-electron chi connectivity index (χ0n) is 26.2. The third-order valence-corrected chi connectivity index (χ3v) is 8.86. The van der Waals surface area contributed by atoms with Crippen LogP contribution < -0.4 is 20.7 Å². The number of hydrogen-bond acceptors (Lipinski definition) is 9. The molecule has 3 N–H and O–H groups in total. The Morgan fingerprint density at radius 2 is 1.79 bits per heavy atom. The highest BCUT2D eigenvalue weighted by Gasteiger charge is 2.46. The van der Waals surface area contributed by atoms with Crippen LogP contribution >= 0.6 is 0 Å². The fraction of sp³-hybridized carbons (Fsp3) is 0.394. The molecule has 0 amide bonds. The van der Waals surface area contributed by atoms with Gasteiger partial charge >= 0.3 is 12.1 Å². The number of anilines is 2. The number of hydrogen-bond donors (Lipinski definition) is 2. The Morgan fingerprint density at radius 3 is 2.46 bits per heavy atom. The molecule has 0 unspecified atom stereocenters. The number of carbonyl (C=O) groups is 1. The number of halogens is 5. The monoisotopic (exact) mass is 671 g/mol. The largest absolute Gasteiger partial charge is 0.465 e. The first-order valence-electron chi connectivity index (χ1n) is 15.5. The van der Waals surface area contributed by atoms with E-state index in [1.165, 1.54) is 41.2 Å². The first-order valence-corrected chi connectivity index (χ1v) is 15.5. The lowest BCUT2D eigenvalue weighted by Crippen LogP contribution is -2.41. The molecule has 0 bridgehead atoms. The number of carbonyl (C=O) groups excluding carboxylic acids is 1. The van der Waals surface area contributed by atoms with Gasteiger partial charge in [-0.2, -0.15) is 28.2 Å². The van der Waals surface area contributed by atoms with Crippen molar-refractivity contribution >= 4 is 17.7 Å². The molecule has 1 spiro atoms. The van der Waals surface area contributed by atoms with Gasteiger partial charge < -0.3 is 25.4 Å². The van der Waals surface area contributed by atoms with E-state index in [4.69, 9.17) is 15.2 Å².